The number of cyclic esters (lactones) is 1. The van der Waals surface area contributed by atoms with Gasteiger partial charge in [-0.1, -0.05) is 48.0 Å². The van der Waals surface area contributed by atoms with Gasteiger partial charge in [0.05, 0.1) is 18.4 Å². The summed E-state index contributed by atoms with van der Waals surface area (Å²) in [4.78, 5) is 24.7. The Hall–Kier alpha value is -2.59. The number of anilines is 1. The van der Waals surface area contributed by atoms with Crippen molar-refractivity contribution in [3.05, 3.63) is 76.8 Å². The van der Waals surface area contributed by atoms with Crippen LogP contribution in [0.2, 0.25) is 5.02 Å². The van der Waals surface area contributed by atoms with Crippen LogP contribution in [0.3, 0.4) is 0 Å². The molecule has 4 nitrogen and oxygen atoms in total. The Morgan fingerprint density at radius 3 is 2.75 bits per heavy atom. The topological polar surface area (TPSA) is 55.4 Å². The highest BCUT2D eigenvalue weighted by Crippen LogP contribution is 2.52. The second kappa shape index (κ2) is 7.44. The molecule has 0 aromatic heterocycles. The van der Waals surface area contributed by atoms with E-state index in [1.807, 2.05) is 36.4 Å². The van der Waals surface area contributed by atoms with E-state index in [1.54, 1.807) is 12.1 Å². The molecule has 1 N–H and O–H groups in total. The number of esters is 1. The summed E-state index contributed by atoms with van der Waals surface area (Å²) in [6.07, 6.45) is 2.48. The van der Waals surface area contributed by atoms with E-state index in [1.165, 1.54) is 0 Å². The molecule has 0 radical (unpaired) electrons. The normalized spacial score (nSPS) is 23.4. The van der Waals surface area contributed by atoms with Gasteiger partial charge in [-0.15, -0.1) is 0 Å². The Morgan fingerprint density at radius 1 is 1.21 bits per heavy atom. The van der Waals surface area contributed by atoms with Gasteiger partial charge in [0, 0.05) is 16.6 Å². The summed E-state index contributed by atoms with van der Waals surface area (Å²) in [5, 5.41) is 3.52. The van der Waals surface area contributed by atoms with Crippen LogP contribution in [0.25, 0.3) is 0 Å². The number of hydrogen-bond donors (Lipinski definition) is 1. The van der Waals surface area contributed by atoms with Crippen molar-refractivity contribution in [1.82, 2.24) is 0 Å². The minimum absolute atomic E-state index is 0.0971. The Balaban J connectivity index is 1.41. The van der Waals surface area contributed by atoms with Crippen molar-refractivity contribution in [3.63, 3.8) is 0 Å². The summed E-state index contributed by atoms with van der Waals surface area (Å²) in [5.41, 5.74) is 3.33. The maximum Gasteiger partial charge on any atom is 0.313 e. The molecule has 1 heterocycles. The summed E-state index contributed by atoms with van der Waals surface area (Å²) in [7, 11) is 0. The third-order valence-electron chi connectivity index (χ3n) is 5.72. The molecule has 2 fully saturated rings. The van der Waals surface area contributed by atoms with Gasteiger partial charge in [0.15, 0.2) is 0 Å². The SMILES string of the molecule is C=C1CC2COC(=O)C2(Cc2ccc(NC(=O)Cc3cccc(Cl)c3)cc2)C1. The lowest BCUT2D eigenvalue weighted by Crippen LogP contribution is -2.31. The first-order chi connectivity index (χ1) is 13.4. The summed E-state index contributed by atoms with van der Waals surface area (Å²) >= 11 is 5.96. The quantitative estimate of drug-likeness (QED) is 0.595. The van der Waals surface area contributed by atoms with Crippen LogP contribution in [-0.4, -0.2) is 18.5 Å². The van der Waals surface area contributed by atoms with E-state index in [9.17, 15) is 9.59 Å². The predicted molar refractivity (Wildman–Crippen MR) is 109 cm³/mol. The van der Waals surface area contributed by atoms with E-state index in [4.69, 9.17) is 16.3 Å². The van der Waals surface area contributed by atoms with Crippen LogP contribution < -0.4 is 5.32 Å². The van der Waals surface area contributed by atoms with E-state index < -0.39 is 5.41 Å². The Morgan fingerprint density at radius 2 is 2.00 bits per heavy atom. The summed E-state index contributed by atoms with van der Waals surface area (Å²) in [5.74, 6) is 0.0276. The number of rotatable bonds is 5. The zero-order chi connectivity index (χ0) is 19.7. The number of nitrogens with one attached hydrogen (secondary N) is 1. The highest BCUT2D eigenvalue weighted by molar-refractivity contribution is 6.30. The van der Waals surface area contributed by atoms with Crippen molar-refractivity contribution >= 4 is 29.2 Å². The molecule has 5 heteroatoms. The molecule has 2 aromatic carbocycles. The molecule has 1 saturated heterocycles. The van der Waals surface area contributed by atoms with Crippen molar-refractivity contribution in [2.45, 2.75) is 25.7 Å². The van der Waals surface area contributed by atoms with E-state index in [0.717, 1.165) is 28.8 Å². The molecule has 1 aliphatic heterocycles. The number of ether oxygens (including phenoxy) is 1. The average molecular weight is 396 g/mol. The van der Waals surface area contributed by atoms with Gasteiger partial charge in [-0.3, -0.25) is 9.59 Å². The molecule has 2 atom stereocenters. The van der Waals surface area contributed by atoms with Gasteiger partial charge >= 0.3 is 5.97 Å². The fraction of sp³-hybridized carbons (Fsp3) is 0.304. The fourth-order valence-electron chi connectivity index (χ4n) is 4.37. The minimum Gasteiger partial charge on any atom is -0.465 e. The maximum atomic E-state index is 12.4. The third kappa shape index (κ3) is 3.69. The molecule has 1 saturated carbocycles. The molecule has 2 aliphatic rings. The Bertz CT molecular complexity index is 937. The molecule has 28 heavy (non-hydrogen) atoms. The van der Waals surface area contributed by atoms with E-state index in [-0.39, 0.29) is 24.2 Å². The fourth-order valence-corrected chi connectivity index (χ4v) is 4.58. The predicted octanol–water partition coefficient (Wildman–Crippen LogP) is 4.57. The van der Waals surface area contributed by atoms with Gasteiger partial charge in [-0.05, 0) is 54.7 Å². The monoisotopic (exact) mass is 395 g/mol. The third-order valence-corrected chi connectivity index (χ3v) is 5.95. The van der Waals surface area contributed by atoms with Crippen LogP contribution in [-0.2, 0) is 27.2 Å². The number of carbonyl (C=O) groups is 2. The molecular weight excluding hydrogens is 374 g/mol. The van der Waals surface area contributed by atoms with Gasteiger partial charge in [-0.25, -0.2) is 0 Å². The summed E-state index contributed by atoms with van der Waals surface area (Å²) in [6.45, 7) is 4.58. The van der Waals surface area contributed by atoms with Crippen LogP contribution in [0.15, 0.2) is 60.7 Å². The van der Waals surface area contributed by atoms with Crippen molar-refractivity contribution in [1.29, 1.82) is 0 Å². The van der Waals surface area contributed by atoms with Gasteiger partial charge < -0.3 is 10.1 Å². The average Bonchev–Trinajstić information content (AvgIpc) is 3.11. The second-order valence-corrected chi connectivity index (χ2v) is 8.25. The largest absolute Gasteiger partial charge is 0.465 e. The zero-order valence-corrected chi connectivity index (χ0v) is 16.3. The van der Waals surface area contributed by atoms with Gasteiger partial charge in [0.2, 0.25) is 5.91 Å². The number of amides is 1. The number of fused-ring (bicyclic) bond motifs is 1. The number of carbonyl (C=O) groups excluding carboxylic acids is 2. The first kappa shape index (κ1) is 18.8. The molecular formula is C23H22ClNO3. The van der Waals surface area contributed by atoms with E-state index >= 15 is 0 Å². The molecule has 1 aliphatic carbocycles. The van der Waals surface area contributed by atoms with Crippen LogP contribution in [0.1, 0.15) is 24.0 Å². The first-order valence-corrected chi connectivity index (χ1v) is 9.79. The van der Waals surface area contributed by atoms with Gasteiger partial charge in [-0.2, -0.15) is 0 Å². The van der Waals surface area contributed by atoms with Gasteiger partial charge in [0.1, 0.15) is 0 Å². The molecule has 2 unspecified atom stereocenters. The van der Waals surface area contributed by atoms with Crippen LogP contribution in [0.4, 0.5) is 5.69 Å². The minimum atomic E-state index is -0.464. The first-order valence-electron chi connectivity index (χ1n) is 9.42. The Labute approximate surface area is 169 Å². The molecule has 0 bridgehead atoms. The summed E-state index contributed by atoms with van der Waals surface area (Å²) < 4.78 is 5.34. The smallest absolute Gasteiger partial charge is 0.313 e. The van der Waals surface area contributed by atoms with Crippen molar-refractivity contribution in [2.75, 3.05) is 11.9 Å². The molecule has 144 valence electrons. The molecule has 1 amide bonds. The standard InChI is InChI=1S/C23H22ClNO3/c1-15-9-18-14-28-22(27)23(18,12-15)13-16-5-7-20(8-6-16)25-21(26)11-17-3-2-4-19(24)10-17/h2-8,10,18H,1,9,11-14H2,(H,25,26). The van der Waals surface area contributed by atoms with Crippen LogP contribution in [0, 0.1) is 11.3 Å². The second-order valence-electron chi connectivity index (χ2n) is 7.81. The molecule has 0 spiro atoms. The number of allylic oxidation sites excluding steroid dienone is 1. The van der Waals surface area contributed by atoms with Gasteiger partial charge in [0.25, 0.3) is 0 Å². The van der Waals surface area contributed by atoms with Crippen molar-refractivity contribution in [2.24, 2.45) is 11.3 Å². The zero-order valence-electron chi connectivity index (χ0n) is 15.5. The lowest BCUT2D eigenvalue weighted by molar-refractivity contribution is -0.146. The highest BCUT2D eigenvalue weighted by atomic mass is 35.5. The van der Waals surface area contributed by atoms with Crippen molar-refractivity contribution < 1.29 is 14.3 Å². The van der Waals surface area contributed by atoms with Crippen LogP contribution >= 0.6 is 11.6 Å². The maximum absolute atomic E-state index is 12.4. The van der Waals surface area contributed by atoms with E-state index in [0.29, 0.717) is 24.5 Å². The lowest BCUT2D eigenvalue weighted by Gasteiger charge is -2.24. The van der Waals surface area contributed by atoms with Crippen molar-refractivity contribution in [3.8, 4) is 0 Å². The number of hydrogen-bond acceptors (Lipinski definition) is 3. The highest BCUT2D eigenvalue weighted by Gasteiger charge is 2.55. The molecule has 4 rings (SSSR count). The number of benzene rings is 2. The van der Waals surface area contributed by atoms with E-state index in [2.05, 4.69) is 11.9 Å². The Kier molecular flexibility index (Phi) is 4.98. The van der Waals surface area contributed by atoms with Crippen LogP contribution in [0.5, 0.6) is 0 Å². The molecule has 2 aromatic rings. The number of halogens is 1. The summed E-state index contributed by atoms with van der Waals surface area (Å²) in [6, 6.07) is 15.0. The lowest BCUT2D eigenvalue weighted by atomic mass is 9.75.